The van der Waals surface area contributed by atoms with Crippen LogP contribution in [0.15, 0.2) is 59.7 Å². The van der Waals surface area contributed by atoms with Crippen LogP contribution >= 0.6 is 0 Å². The number of sulfone groups is 1. The normalized spacial score (nSPS) is 16.7. The molecule has 0 radical (unpaired) electrons. The second kappa shape index (κ2) is 11.3. The first-order valence-electron chi connectivity index (χ1n) is 14.9. The second-order valence-electron chi connectivity index (χ2n) is 12.9. The summed E-state index contributed by atoms with van der Waals surface area (Å²) in [5, 5.41) is 0.552. The molecule has 1 unspecified atom stereocenters. The van der Waals surface area contributed by atoms with Crippen molar-refractivity contribution in [3.63, 3.8) is 0 Å². The number of carbonyl (C=O) groups excluding carboxylic acids is 2. The Bertz CT molecular complexity index is 2020. The number of nitrogens with one attached hydrogen (secondary N) is 1. The largest absolute Gasteiger partial charge is 0.444 e. The van der Waals surface area contributed by atoms with Gasteiger partial charge in [0.25, 0.3) is 11.5 Å². The lowest BCUT2D eigenvalue weighted by Crippen LogP contribution is -2.53. The van der Waals surface area contributed by atoms with E-state index in [1.807, 2.05) is 4.90 Å². The first-order valence-corrected chi connectivity index (χ1v) is 17.0. The van der Waals surface area contributed by atoms with Crippen LogP contribution in [-0.4, -0.2) is 77.8 Å². The number of carbonyl (C=O) groups is 2. The van der Waals surface area contributed by atoms with Crippen LogP contribution in [0.1, 0.15) is 37.9 Å². The molecule has 46 heavy (non-hydrogen) atoms. The fourth-order valence-electron chi connectivity index (χ4n) is 6.23. The zero-order valence-corrected chi connectivity index (χ0v) is 27.2. The summed E-state index contributed by atoms with van der Waals surface area (Å²) in [6, 6.07) is 10.1. The van der Waals surface area contributed by atoms with Gasteiger partial charge in [0.05, 0.1) is 11.4 Å². The number of piperazine rings is 1. The van der Waals surface area contributed by atoms with Crippen LogP contribution in [0.5, 0.6) is 0 Å². The van der Waals surface area contributed by atoms with Crippen molar-refractivity contribution in [2.24, 2.45) is 7.05 Å². The SMILES string of the molecule is Cn1cc2c3c(c[nH]c3c1=O)C(C(=O)N1CCN(C(=O)OC(C)(C)C)CC1)N(c1ccc(F)cc1)c1ccc(CS(C)(=O)=O)cc1-2. The number of pyridine rings is 1. The van der Waals surface area contributed by atoms with Crippen molar-refractivity contribution >= 4 is 44.1 Å². The van der Waals surface area contributed by atoms with E-state index in [0.29, 0.717) is 44.5 Å². The van der Waals surface area contributed by atoms with Crippen LogP contribution in [0.25, 0.3) is 22.0 Å². The third-order valence-electron chi connectivity index (χ3n) is 8.21. The van der Waals surface area contributed by atoms with Gasteiger partial charge in [-0.05, 0) is 62.7 Å². The van der Waals surface area contributed by atoms with Crippen LogP contribution < -0.4 is 10.5 Å². The third-order valence-corrected chi connectivity index (χ3v) is 9.07. The van der Waals surface area contributed by atoms with Gasteiger partial charge in [-0.25, -0.2) is 17.6 Å². The van der Waals surface area contributed by atoms with Crippen molar-refractivity contribution < 1.29 is 27.1 Å². The molecule has 2 aromatic heterocycles. The minimum absolute atomic E-state index is 0.198. The highest BCUT2D eigenvalue weighted by Gasteiger charge is 2.40. The molecule has 2 aromatic carbocycles. The lowest BCUT2D eigenvalue weighted by Gasteiger charge is -2.40. The lowest BCUT2D eigenvalue weighted by atomic mass is 9.98. The number of halogens is 1. The average Bonchev–Trinajstić information content (AvgIpc) is 3.37. The number of amides is 2. The third kappa shape index (κ3) is 5.86. The zero-order chi connectivity index (χ0) is 33.1. The van der Waals surface area contributed by atoms with E-state index in [0.717, 1.165) is 6.26 Å². The van der Waals surface area contributed by atoms with E-state index in [1.54, 1.807) is 80.3 Å². The summed E-state index contributed by atoms with van der Waals surface area (Å²) in [7, 11) is -1.74. The number of nitrogens with zero attached hydrogens (tertiary/aromatic N) is 4. The maximum Gasteiger partial charge on any atom is 0.410 e. The van der Waals surface area contributed by atoms with E-state index in [-0.39, 0.29) is 43.4 Å². The van der Waals surface area contributed by atoms with Crippen LogP contribution in [0.4, 0.5) is 20.6 Å². The van der Waals surface area contributed by atoms with Crippen molar-refractivity contribution in [1.82, 2.24) is 19.4 Å². The maximum atomic E-state index is 14.7. The molecule has 4 heterocycles. The van der Waals surface area contributed by atoms with Gasteiger partial charge in [-0.15, -0.1) is 0 Å². The van der Waals surface area contributed by atoms with E-state index in [9.17, 15) is 27.2 Å². The predicted octanol–water partition coefficient (Wildman–Crippen LogP) is 4.49. The molecule has 1 N–H and O–H groups in total. The Labute approximate surface area is 266 Å². The maximum absolute atomic E-state index is 14.7. The number of aromatic nitrogens is 2. The molecule has 11 nitrogen and oxygen atoms in total. The van der Waals surface area contributed by atoms with Gasteiger partial charge in [0.2, 0.25) is 0 Å². The monoisotopic (exact) mass is 649 g/mol. The number of hydrogen-bond donors (Lipinski definition) is 1. The number of aromatic amines is 1. The molecule has 6 rings (SSSR count). The van der Waals surface area contributed by atoms with Crippen molar-refractivity contribution in [2.45, 2.75) is 38.2 Å². The summed E-state index contributed by atoms with van der Waals surface area (Å²) >= 11 is 0. The summed E-state index contributed by atoms with van der Waals surface area (Å²) in [6.07, 6.45) is 4.07. The van der Waals surface area contributed by atoms with Gasteiger partial charge in [0.1, 0.15) is 23.0 Å². The molecule has 2 amide bonds. The molecule has 4 aromatic rings. The van der Waals surface area contributed by atoms with Gasteiger partial charge in [-0.3, -0.25) is 9.59 Å². The van der Waals surface area contributed by atoms with Gasteiger partial charge >= 0.3 is 6.09 Å². The topological polar surface area (TPSA) is 125 Å². The van der Waals surface area contributed by atoms with Crippen molar-refractivity contribution in [3.05, 3.63) is 82.2 Å². The van der Waals surface area contributed by atoms with Gasteiger partial charge in [0.15, 0.2) is 9.84 Å². The Hall–Kier alpha value is -4.65. The number of hydrogen-bond acceptors (Lipinski definition) is 7. The number of rotatable bonds is 4. The van der Waals surface area contributed by atoms with Crippen molar-refractivity contribution in [2.75, 3.05) is 37.3 Å². The van der Waals surface area contributed by atoms with E-state index in [2.05, 4.69) is 4.98 Å². The Balaban J connectivity index is 1.51. The highest BCUT2D eigenvalue weighted by molar-refractivity contribution is 7.89. The Morgan fingerprint density at radius 2 is 1.65 bits per heavy atom. The Morgan fingerprint density at radius 1 is 1.00 bits per heavy atom. The number of ether oxygens (including phenoxy) is 1. The standard InChI is InChI=1S/C33H36FN5O6S/c1-33(2,3)45-32(42)38-14-12-37(13-15-38)31(41)29-24-17-35-28-27(24)25(18-36(4)30(28)40)23-16-20(19-46(5,43)44)6-11-26(23)39(29)22-9-7-21(34)8-10-22/h6-11,16-18,29,35H,12-15,19H2,1-5H3. The number of H-pyrrole nitrogens is 1. The zero-order valence-electron chi connectivity index (χ0n) is 26.3. The second-order valence-corrected chi connectivity index (χ2v) is 15.1. The summed E-state index contributed by atoms with van der Waals surface area (Å²) in [5.41, 5.74) is 2.85. The van der Waals surface area contributed by atoms with Gasteiger partial charge in [-0.1, -0.05) is 6.07 Å². The molecule has 0 aliphatic carbocycles. The molecule has 2 aliphatic heterocycles. The molecule has 242 valence electrons. The molecule has 1 fully saturated rings. The number of fused-ring (bicyclic) bond motifs is 2. The van der Waals surface area contributed by atoms with Crippen LogP contribution in [-0.2, 0) is 32.2 Å². The Kier molecular flexibility index (Phi) is 7.70. The molecule has 0 bridgehead atoms. The van der Waals surface area contributed by atoms with E-state index in [1.165, 1.54) is 16.7 Å². The van der Waals surface area contributed by atoms with Crippen LogP contribution in [0, 0.1) is 5.82 Å². The molecule has 0 spiro atoms. The molecule has 13 heteroatoms. The Morgan fingerprint density at radius 3 is 2.28 bits per heavy atom. The lowest BCUT2D eigenvalue weighted by molar-refractivity contribution is -0.134. The highest BCUT2D eigenvalue weighted by atomic mass is 32.2. The van der Waals surface area contributed by atoms with Crippen molar-refractivity contribution in [1.29, 1.82) is 0 Å². The minimum Gasteiger partial charge on any atom is -0.444 e. The molecule has 1 atom stereocenters. The van der Waals surface area contributed by atoms with Gasteiger partial charge in [0, 0.05) is 79.6 Å². The molecule has 2 aliphatic rings. The molecular formula is C33H36FN5O6S. The van der Waals surface area contributed by atoms with E-state index in [4.69, 9.17) is 4.74 Å². The average molecular weight is 650 g/mol. The minimum atomic E-state index is -3.37. The predicted molar refractivity (Wildman–Crippen MR) is 173 cm³/mol. The van der Waals surface area contributed by atoms with E-state index < -0.39 is 33.4 Å². The summed E-state index contributed by atoms with van der Waals surface area (Å²) in [5.74, 6) is -0.914. The first-order chi connectivity index (χ1) is 21.6. The number of benzene rings is 2. The van der Waals surface area contributed by atoms with Crippen molar-refractivity contribution in [3.8, 4) is 11.1 Å². The fraction of sp³-hybridized carbons (Fsp3) is 0.364. The van der Waals surface area contributed by atoms with Crippen LogP contribution in [0.2, 0.25) is 0 Å². The quantitative estimate of drug-likeness (QED) is 0.346. The summed E-state index contributed by atoms with van der Waals surface area (Å²) in [4.78, 5) is 49.0. The van der Waals surface area contributed by atoms with Gasteiger partial charge < -0.3 is 29.0 Å². The summed E-state index contributed by atoms with van der Waals surface area (Å²) < 4.78 is 45.7. The molecule has 1 saturated heterocycles. The molecule has 0 saturated carbocycles. The van der Waals surface area contributed by atoms with E-state index >= 15 is 0 Å². The smallest absolute Gasteiger partial charge is 0.410 e. The number of aryl methyl sites for hydroxylation is 1. The number of anilines is 2. The molecular weight excluding hydrogens is 613 g/mol. The van der Waals surface area contributed by atoms with Crippen LogP contribution in [0.3, 0.4) is 0 Å². The fourth-order valence-corrected chi connectivity index (χ4v) is 7.02. The summed E-state index contributed by atoms with van der Waals surface area (Å²) in [6.45, 7) is 6.44. The first kappa shape index (κ1) is 31.3. The highest BCUT2D eigenvalue weighted by Crippen LogP contribution is 2.49. The van der Waals surface area contributed by atoms with Gasteiger partial charge in [-0.2, -0.15) is 0 Å².